The predicted molar refractivity (Wildman–Crippen MR) is 31.2 cm³/mol. The maximum atomic E-state index is 11.0. The summed E-state index contributed by atoms with van der Waals surface area (Å²) in [5.74, 6) is 0.279. The number of carbonyl (C=O) groups excluding carboxylic acids is 1. The van der Waals surface area contributed by atoms with Gasteiger partial charge in [-0.05, 0) is 0 Å². The van der Waals surface area contributed by atoms with Crippen LogP contribution in [0.4, 0.5) is 0 Å². The molecule has 0 bridgehead atoms. The zero-order valence-electron chi connectivity index (χ0n) is 5.14. The summed E-state index contributed by atoms with van der Waals surface area (Å²) in [4.78, 5) is 11.0. The van der Waals surface area contributed by atoms with E-state index >= 15 is 0 Å². The SMILES string of the molecule is O=C1CCOC12CNC2. The second kappa shape index (κ2) is 1.55. The van der Waals surface area contributed by atoms with E-state index in [0.717, 1.165) is 13.1 Å². The van der Waals surface area contributed by atoms with E-state index in [4.69, 9.17) is 4.74 Å². The second-order valence-corrected chi connectivity index (χ2v) is 2.62. The molecule has 2 aliphatic heterocycles. The lowest BCUT2D eigenvalue weighted by Gasteiger charge is -2.36. The molecule has 0 saturated carbocycles. The molecule has 2 saturated heterocycles. The molecule has 50 valence electrons. The normalized spacial score (nSPS) is 30.9. The predicted octanol–water partition coefficient (Wildman–Crippen LogP) is -0.682. The van der Waals surface area contributed by atoms with Gasteiger partial charge in [0.1, 0.15) is 0 Å². The van der Waals surface area contributed by atoms with E-state index in [1.165, 1.54) is 0 Å². The lowest BCUT2D eigenvalue weighted by Crippen LogP contribution is -2.63. The Morgan fingerprint density at radius 3 is 2.56 bits per heavy atom. The summed E-state index contributed by atoms with van der Waals surface area (Å²) in [5.41, 5.74) is -0.375. The van der Waals surface area contributed by atoms with Crippen molar-refractivity contribution in [2.24, 2.45) is 0 Å². The molecule has 1 N–H and O–H groups in total. The Bertz CT molecular complexity index is 151. The molecule has 2 rings (SSSR count). The molecule has 2 aliphatic rings. The molecule has 0 amide bonds. The number of carbonyl (C=O) groups is 1. The first-order chi connectivity index (χ1) is 4.33. The monoisotopic (exact) mass is 127 g/mol. The topological polar surface area (TPSA) is 38.3 Å². The fraction of sp³-hybridized carbons (Fsp3) is 0.833. The van der Waals surface area contributed by atoms with Crippen molar-refractivity contribution in [3.63, 3.8) is 0 Å². The smallest absolute Gasteiger partial charge is 0.169 e. The first-order valence-corrected chi connectivity index (χ1v) is 3.21. The van der Waals surface area contributed by atoms with Crippen molar-refractivity contribution in [2.75, 3.05) is 19.7 Å². The highest BCUT2D eigenvalue weighted by molar-refractivity contribution is 5.90. The van der Waals surface area contributed by atoms with Gasteiger partial charge in [-0.3, -0.25) is 4.79 Å². The Hall–Kier alpha value is -0.410. The second-order valence-electron chi connectivity index (χ2n) is 2.62. The first kappa shape index (κ1) is 5.38. The van der Waals surface area contributed by atoms with Crippen LogP contribution in [0.15, 0.2) is 0 Å². The molecule has 9 heavy (non-hydrogen) atoms. The quantitative estimate of drug-likeness (QED) is 0.468. The van der Waals surface area contributed by atoms with Crippen molar-refractivity contribution in [1.82, 2.24) is 5.32 Å². The van der Waals surface area contributed by atoms with Crippen LogP contribution in [0.1, 0.15) is 6.42 Å². The van der Waals surface area contributed by atoms with Gasteiger partial charge in [-0.15, -0.1) is 0 Å². The molecule has 2 heterocycles. The minimum atomic E-state index is -0.375. The van der Waals surface area contributed by atoms with Gasteiger partial charge in [0.2, 0.25) is 0 Å². The molecule has 0 aromatic rings. The minimum Gasteiger partial charge on any atom is -0.364 e. The van der Waals surface area contributed by atoms with Gasteiger partial charge in [0.15, 0.2) is 11.4 Å². The number of ketones is 1. The maximum absolute atomic E-state index is 11.0. The maximum Gasteiger partial charge on any atom is 0.169 e. The summed E-state index contributed by atoms with van der Waals surface area (Å²) >= 11 is 0. The molecule has 0 radical (unpaired) electrons. The first-order valence-electron chi connectivity index (χ1n) is 3.21. The Kier molecular flexibility index (Phi) is 0.926. The third kappa shape index (κ3) is 0.559. The molecule has 0 aromatic carbocycles. The van der Waals surface area contributed by atoms with Crippen LogP contribution in [0.3, 0.4) is 0 Å². The molecule has 0 aliphatic carbocycles. The van der Waals surface area contributed by atoms with Crippen LogP contribution in [-0.4, -0.2) is 31.1 Å². The van der Waals surface area contributed by atoms with Gasteiger partial charge in [0.05, 0.1) is 6.61 Å². The third-order valence-electron chi connectivity index (χ3n) is 2.04. The standard InChI is InChI=1S/C6H9NO2/c8-5-1-2-9-6(5)3-7-4-6/h7H,1-4H2. The van der Waals surface area contributed by atoms with E-state index in [0.29, 0.717) is 13.0 Å². The van der Waals surface area contributed by atoms with Gasteiger partial charge in [0.25, 0.3) is 0 Å². The number of ether oxygens (including phenoxy) is 1. The van der Waals surface area contributed by atoms with Crippen molar-refractivity contribution < 1.29 is 9.53 Å². The third-order valence-corrected chi connectivity index (χ3v) is 2.04. The number of nitrogens with one attached hydrogen (secondary N) is 1. The molecule has 0 unspecified atom stereocenters. The minimum absolute atomic E-state index is 0.279. The van der Waals surface area contributed by atoms with Crippen molar-refractivity contribution in [1.29, 1.82) is 0 Å². The average molecular weight is 127 g/mol. The van der Waals surface area contributed by atoms with Crippen LogP contribution in [0.2, 0.25) is 0 Å². The van der Waals surface area contributed by atoms with Crippen molar-refractivity contribution >= 4 is 5.78 Å². The molecule has 2 fully saturated rings. The number of rotatable bonds is 0. The van der Waals surface area contributed by atoms with Gasteiger partial charge in [-0.25, -0.2) is 0 Å². The lowest BCUT2D eigenvalue weighted by molar-refractivity contribution is -0.136. The van der Waals surface area contributed by atoms with E-state index in [1.54, 1.807) is 0 Å². The zero-order valence-corrected chi connectivity index (χ0v) is 5.14. The average Bonchev–Trinajstić information content (AvgIpc) is 2.07. The lowest BCUT2D eigenvalue weighted by atomic mass is 9.92. The number of hydrogen-bond acceptors (Lipinski definition) is 3. The fourth-order valence-electron chi connectivity index (χ4n) is 1.30. The van der Waals surface area contributed by atoms with Crippen LogP contribution < -0.4 is 5.32 Å². The Morgan fingerprint density at radius 1 is 1.56 bits per heavy atom. The van der Waals surface area contributed by atoms with E-state index < -0.39 is 0 Å². The molecule has 1 spiro atoms. The van der Waals surface area contributed by atoms with Gasteiger partial charge in [-0.2, -0.15) is 0 Å². The van der Waals surface area contributed by atoms with Crippen LogP contribution in [0, 0.1) is 0 Å². The molecular formula is C6H9NO2. The van der Waals surface area contributed by atoms with E-state index in [9.17, 15) is 4.79 Å². The summed E-state index contributed by atoms with van der Waals surface area (Å²) in [5, 5.41) is 3.03. The van der Waals surface area contributed by atoms with Crippen LogP contribution in [-0.2, 0) is 9.53 Å². The van der Waals surface area contributed by atoms with Crippen LogP contribution in [0.25, 0.3) is 0 Å². The van der Waals surface area contributed by atoms with Gasteiger partial charge >= 0.3 is 0 Å². The van der Waals surface area contributed by atoms with E-state index in [-0.39, 0.29) is 11.4 Å². The molecule has 3 nitrogen and oxygen atoms in total. The highest BCUT2D eigenvalue weighted by atomic mass is 16.5. The summed E-state index contributed by atoms with van der Waals surface area (Å²) < 4.78 is 5.28. The molecule has 0 atom stereocenters. The fourth-order valence-corrected chi connectivity index (χ4v) is 1.30. The van der Waals surface area contributed by atoms with Crippen LogP contribution >= 0.6 is 0 Å². The van der Waals surface area contributed by atoms with Gasteiger partial charge in [-0.1, -0.05) is 0 Å². The summed E-state index contributed by atoms with van der Waals surface area (Å²) in [6.45, 7) is 2.08. The number of hydrogen-bond donors (Lipinski definition) is 1. The van der Waals surface area contributed by atoms with E-state index in [1.807, 2.05) is 0 Å². The van der Waals surface area contributed by atoms with Gasteiger partial charge in [0, 0.05) is 19.5 Å². The summed E-state index contributed by atoms with van der Waals surface area (Å²) in [7, 11) is 0. The molecular weight excluding hydrogens is 118 g/mol. The van der Waals surface area contributed by atoms with Gasteiger partial charge < -0.3 is 10.1 Å². The van der Waals surface area contributed by atoms with Crippen molar-refractivity contribution in [3.8, 4) is 0 Å². The zero-order chi connectivity index (χ0) is 6.32. The summed E-state index contributed by atoms with van der Waals surface area (Å²) in [6, 6.07) is 0. The Labute approximate surface area is 53.4 Å². The van der Waals surface area contributed by atoms with Crippen LogP contribution in [0.5, 0.6) is 0 Å². The Balaban J connectivity index is 2.17. The largest absolute Gasteiger partial charge is 0.364 e. The Morgan fingerprint density at radius 2 is 2.33 bits per heavy atom. The molecule has 3 heteroatoms. The highest BCUT2D eigenvalue weighted by Gasteiger charge is 2.48. The van der Waals surface area contributed by atoms with E-state index in [2.05, 4.69) is 5.32 Å². The highest BCUT2D eigenvalue weighted by Crippen LogP contribution is 2.25. The number of Topliss-reactive ketones (excluding diaryl/α,β-unsaturated/α-hetero) is 1. The summed E-state index contributed by atoms with van der Waals surface area (Å²) in [6.07, 6.45) is 0.613. The molecule has 0 aromatic heterocycles. The van der Waals surface area contributed by atoms with Crippen molar-refractivity contribution in [3.05, 3.63) is 0 Å². The van der Waals surface area contributed by atoms with Crippen molar-refractivity contribution in [2.45, 2.75) is 12.0 Å².